The van der Waals surface area contributed by atoms with E-state index in [0.29, 0.717) is 28.3 Å². The monoisotopic (exact) mass is 345 g/mol. The van der Waals surface area contributed by atoms with Crippen molar-refractivity contribution in [2.24, 2.45) is 0 Å². The summed E-state index contributed by atoms with van der Waals surface area (Å²) in [6.07, 6.45) is 2.45. The maximum Gasteiger partial charge on any atom is 0.305 e. The molecule has 2 N–H and O–H groups in total. The van der Waals surface area contributed by atoms with E-state index in [1.165, 1.54) is 26.7 Å². The number of hydrogen-bond acceptors (Lipinski definition) is 6. The second kappa shape index (κ2) is 8.09. The number of carbonyl (C=O) groups excluding carboxylic acids is 1. The average molecular weight is 345 g/mol. The Morgan fingerprint density at radius 3 is 2.56 bits per heavy atom. The van der Waals surface area contributed by atoms with Crippen LogP contribution in [0.25, 0.3) is 0 Å². The fraction of sp³-hybridized carbons (Fsp3) is 0.294. The van der Waals surface area contributed by atoms with Crippen molar-refractivity contribution in [1.82, 2.24) is 15.3 Å². The number of carboxylic acids is 1. The van der Waals surface area contributed by atoms with Gasteiger partial charge in [-0.3, -0.25) is 9.59 Å². The molecule has 8 nitrogen and oxygen atoms in total. The third kappa shape index (κ3) is 4.43. The molecule has 0 spiro atoms. The second-order valence-electron chi connectivity index (χ2n) is 5.26. The summed E-state index contributed by atoms with van der Waals surface area (Å²) in [6, 6.07) is 4.24. The molecule has 0 saturated carbocycles. The van der Waals surface area contributed by atoms with E-state index in [1.807, 2.05) is 0 Å². The Hall–Kier alpha value is -3.16. The normalized spacial score (nSPS) is 11.5. The van der Waals surface area contributed by atoms with Gasteiger partial charge in [0.1, 0.15) is 6.33 Å². The first-order valence-electron chi connectivity index (χ1n) is 7.47. The number of carbonyl (C=O) groups is 2. The predicted octanol–water partition coefficient (Wildman–Crippen LogP) is 1.75. The quantitative estimate of drug-likeness (QED) is 0.786. The standard InChI is InChI=1S/C17H19N3O5/c1-10-12(8-18-9-19-10)17(23)20-13(7-16(21)22)11-4-5-14(24-2)15(6-11)25-3/h4-6,8-9,13H,7H2,1-3H3,(H,20,23)(H,21,22). The molecule has 1 aromatic heterocycles. The first kappa shape index (κ1) is 18.2. The SMILES string of the molecule is COc1ccc(C(CC(=O)O)NC(=O)c2cncnc2C)cc1OC. The lowest BCUT2D eigenvalue weighted by atomic mass is 10.0. The van der Waals surface area contributed by atoms with Crippen LogP contribution in [0.2, 0.25) is 0 Å². The minimum absolute atomic E-state index is 0.284. The highest BCUT2D eigenvalue weighted by atomic mass is 16.5. The molecule has 0 saturated heterocycles. The van der Waals surface area contributed by atoms with Gasteiger partial charge in [0.15, 0.2) is 11.5 Å². The lowest BCUT2D eigenvalue weighted by molar-refractivity contribution is -0.137. The number of rotatable bonds is 7. The number of benzene rings is 1. The zero-order valence-corrected chi connectivity index (χ0v) is 14.1. The summed E-state index contributed by atoms with van der Waals surface area (Å²) in [7, 11) is 2.99. The van der Waals surface area contributed by atoms with Crippen LogP contribution in [0.5, 0.6) is 11.5 Å². The van der Waals surface area contributed by atoms with Crippen molar-refractivity contribution in [3.05, 3.63) is 47.5 Å². The minimum Gasteiger partial charge on any atom is -0.493 e. The molecule has 0 fully saturated rings. The molecule has 2 rings (SSSR count). The van der Waals surface area contributed by atoms with E-state index in [1.54, 1.807) is 25.1 Å². The summed E-state index contributed by atoms with van der Waals surface area (Å²) in [6.45, 7) is 1.68. The van der Waals surface area contributed by atoms with Gasteiger partial charge in [-0.15, -0.1) is 0 Å². The third-order valence-electron chi connectivity index (χ3n) is 3.65. The van der Waals surface area contributed by atoms with Gasteiger partial charge >= 0.3 is 5.97 Å². The van der Waals surface area contributed by atoms with Crippen molar-refractivity contribution < 1.29 is 24.2 Å². The highest BCUT2D eigenvalue weighted by Crippen LogP contribution is 2.31. The van der Waals surface area contributed by atoms with Gasteiger partial charge in [0.2, 0.25) is 0 Å². The number of amides is 1. The molecule has 1 atom stereocenters. The van der Waals surface area contributed by atoms with E-state index in [2.05, 4.69) is 15.3 Å². The van der Waals surface area contributed by atoms with Gasteiger partial charge in [0, 0.05) is 6.20 Å². The van der Waals surface area contributed by atoms with Crippen LogP contribution in [-0.2, 0) is 4.79 Å². The smallest absolute Gasteiger partial charge is 0.305 e. The predicted molar refractivity (Wildman–Crippen MR) is 88.8 cm³/mol. The highest BCUT2D eigenvalue weighted by molar-refractivity contribution is 5.95. The Labute approximate surface area is 144 Å². The Balaban J connectivity index is 2.32. The van der Waals surface area contributed by atoms with E-state index in [-0.39, 0.29) is 6.42 Å². The molecular weight excluding hydrogens is 326 g/mol. The Morgan fingerprint density at radius 1 is 1.24 bits per heavy atom. The van der Waals surface area contributed by atoms with Crippen molar-refractivity contribution in [1.29, 1.82) is 0 Å². The summed E-state index contributed by atoms with van der Waals surface area (Å²) in [5.74, 6) is -0.525. The summed E-state index contributed by atoms with van der Waals surface area (Å²) < 4.78 is 10.4. The van der Waals surface area contributed by atoms with Crippen molar-refractivity contribution in [2.75, 3.05) is 14.2 Å². The van der Waals surface area contributed by atoms with E-state index >= 15 is 0 Å². The van der Waals surface area contributed by atoms with Crippen molar-refractivity contribution in [3.63, 3.8) is 0 Å². The lowest BCUT2D eigenvalue weighted by Gasteiger charge is -2.19. The molecule has 1 unspecified atom stereocenters. The molecule has 25 heavy (non-hydrogen) atoms. The van der Waals surface area contributed by atoms with E-state index < -0.39 is 17.9 Å². The maximum atomic E-state index is 12.5. The van der Waals surface area contributed by atoms with Gasteiger partial charge in [-0.25, -0.2) is 9.97 Å². The summed E-state index contributed by atoms with van der Waals surface area (Å²) >= 11 is 0. The topological polar surface area (TPSA) is 111 Å². The molecular formula is C17H19N3O5. The van der Waals surface area contributed by atoms with Crippen molar-refractivity contribution in [3.8, 4) is 11.5 Å². The van der Waals surface area contributed by atoms with Crippen LogP contribution >= 0.6 is 0 Å². The van der Waals surface area contributed by atoms with Gasteiger partial charge in [-0.1, -0.05) is 6.07 Å². The molecule has 2 aromatic rings. The van der Waals surface area contributed by atoms with Crippen LogP contribution in [-0.4, -0.2) is 41.2 Å². The highest BCUT2D eigenvalue weighted by Gasteiger charge is 2.21. The van der Waals surface area contributed by atoms with Crippen LogP contribution in [0.4, 0.5) is 0 Å². The number of aryl methyl sites for hydroxylation is 1. The Kier molecular flexibility index (Phi) is 5.89. The number of nitrogens with zero attached hydrogens (tertiary/aromatic N) is 2. The Bertz CT molecular complexity index is 779. The van der Waals surface area contributed by atoms with Gasteiger partial charge in [0.25, 0.3) is 5.91 Å². The molecule has 0 aliphatic heterocycles. The zero-order valence-electron chi connectivity index (χ0n) is 14.1. The van der Waals surface area contributed by atoms with Crippen LogP contribution in [0.1, 0.15) is 34.1 Å². The number of hydrogen-bond donors (Lipinski definition) is 2. The summed E-state index contributed by atoms with van der Waals surface area (Å²) in [5.41, 5.74) is 1.38. The molecule has 0 aliphatic rings. The number of aromatic nitrogens is 2. The van der Waals surface area contributed by atoms with Crippen LogP contribution in [0, 0.1) is 6.92 Å². The zero-order chi connectivity index (χ0) is 18.4. The minimum atomic E-state index is -1.04. The maximum absolute atomic E-state index is 12.5. The molecule has 0 bridgehead atoms. The Morgan fingerprint density at radius 2 is 1.96 bits per heavy atom. The average Bonchev–Trinajstić information content (AvgIpc) is 2.60. The molecule has 132 valence electrons. The molecule has 0 aliphatic carbocycles. The largest absolute Gasteiger partial charge is 0.493 e. The number of nitrogens with one attached hydrogen (secondary N) is 1. The molecule has 0 radical (unpaired) electrons. The fourth-order valence-corrected chi connectivity index (χ4v) is 2.35. The van der Waals surface area contributed by atoms with Gasteiger partial charge < -0.3 is 19.9 Å². The fourth-order valence-electron chi connectivity index (χ4n) is 2.35. The molecule has 8 heteroatoms. The molecule has 1 amide bonds. The number of aliphatic carboxylic acids is 1. The van der Waals surface area contributed by atoms with E-state index in [4.69, 9.17) is 9.47 Å². The van der Waals surface area contributed by atoms with Gasteiger partial charge in [-0.05, 0) is 24.6 Å². The van der Waals surface area contributed by atoms with E-state index in [9.17, 15) is 14.7 Å². The number of methoxy groups -OCH3 is 2. The van der Waals surface area contributed by atoms with Crippen LogP contribution in [0.3, 0.4) is 0 Å². The van der Waals surface area contributed by atoms with Crippen molar-refractivity contribution >= 4 is 11.9 Å². The summed E-state index contributed by atoms with van der Waals surface area (Å²) in [4.78, 5) is 31.5. The first-order chi connectivity index (χ1) is 12.0. The number of carboxylic acid groups (broad SMARTS) is 1. The van der Waals surface area contributed by atoms with Crippen LogP contribution in [0.15, 0.2) is 30.7 Å². The van der Waals surface area contributed by atoms with Gasteiger partial charge in [0.05, 0.1) is 37.9 Å². The third-order valence-corrected chi connectivity index (χ3v) is 3.65. The van der Waals surface area contributed by atoms with Crippen LogP contribution < -0.4 is 14.8 Å². The van der Waals surface area contributed by atoms with E-state index in [0.717, 1.165) is 0 Å². The second-order valence-corrected chi connectivity index (χ2v) is 5.26. The number of ether oxygens (including phenoxy) is 2. The summed E-state index contributed by atoms with van der Waals surface area (Å²) in [5, 5.41) is 11.9. The van der Waals surface area contributed by atoms with Gasteiger partial charge in [-0.2, -0.15) is 0 Å². The first-order valence-corrected chi connectivity index (χ1v) is 7.47. The molecule has 1 heterocycles. The van der Waals surface area contributed by atoms with Crippen molar-refractivity contribution in [2.45, 2.75) is 19.4 Å². The lowest BCUT2D eigenvalue weighted by Crippen LogP contribution is -2.31. The molecule has 1 aromatic carbocycles.